The van der Waals surface area contributed by atoms with Crippen LogP contribution in [0.5, 0.6) is 0 Å². The van der Waals surface area contributed by atoms with Gasteiger partial charge in [-0.05, 0) is 36.8 Å². The van der Waals surface area contributed by atoms with Gasteiger partial charge < -0.3 is 5.32 Å². The number of para-hydroxylation sites is 2. The summed E-state index contributed by atoms with van der Waals surface area (Å²) in [5.74, 6) is 0.790. The molecule has 0 spiro atoms. The van der Waals surface area contributed by atoms with Gasteiger partial charge in [0.25, 0.3) is 0 Å². The lowest BCUT2D eigenvalue weighted by Gasteiger charge is -2.09. The molecule has 4 heteroatoms. The summed E-state index contributed by atoms with van der Waals surface area (Å²) in [7, 11) is 0. The Balaban J connectivity index is 1.81. The van der Waals surface area contributed by atoms with E-state index in [4.69, 9.17) is 5.26 Å². The molecule has 0 aliphatic carbocycles. The second-order valence-corrected chi connectivity index (χ2v) is 4.81. The number of aromatic nitrogens is 2. The number of aryl methyl sites for hydroxylation is 1. The lowest BCUT2D eigenvalue weighted by atomic mass is 10.1. The van der Waals surface area contributed by atoms with E-state index in [-0.39, 0.29) is 0 Å². The number of rotatable bonds is 3. The van der Waals surface area contributed by atoms with E-state index >= 15 is 0 Å². The second-order valence-electron chi connectivity index (χ2n) is 4.81. The number of benzene rings is 2. The van der Waals surface area contributed by atoms with E-state index in [2.05, 4.69) is 21.4 Å². The maximum atomic E-state index is 8.79. The molecule has 0 bridgehead atoms. The summed E-state index contributed by atoms with van der Waals surface area (Å²) in [5, 5.41) is 12.1. The highest BCUT2D eigenvalue weighted by Gasteiger charge is 2.04. The largest absolute Gasteiger partial charge is 0.364 e. The van der Waals surface area contributed by atoms with Gasteiger partial charge in [-0.2, -0.15) is 5.26 Å². The molecule has 3 rings (SSSR count). The fourth-order valence-electron chi connectivity index (χ4n) is 2.14. The van der Waals surface area contributed by atoms with Crippen LogP contribution in [0.2, 0.25) is 0 Å². The van der Waals surface area contributed by atoms with Crippen molar-refractivity contribution >= 4 is 16.9 Å². The Hall–Kier alpha value is -2.93. The zero-order chi connectivity index (χ0) is 14.7. The molecule has 102 valence electrons. The van der Waals surface area contributed by atoms with Crippen LogP contribution < -0.4 is 5.32 Å². The van der Waals surface area contributed by atoms with E-state index < -0.39 is 0 Å². The molecule has 1 aromatic heterocycles. The number of fused-ring (bicyclic) bond motifs is 1. The molecule has 0 atom stereocenters. The number of nitriles is 1. The molecule has 4 nitrogen and oxygen atoms in total. The van der Waals surface area contributed by atoms with Gasteiger partial charge in [-0.1, -0.05) is 24.3 Å². The molecule has 21 heavy (non-hydrogen) atoms. The quantitative estimate of drug-likeness (QED) is 0.795. The lowest BCUT2D eigenvalue weighted by Crippen LogP contribution is -2.04. The van der Waals surface area contributed by atoms with Gasteiger partial charge in [-0.3, -0.25) is 0 Å². The third kappa shape index (κ3) is 2.82. The first-order valence-corrected chi connectivity index (χ1v) is 6.72. The van der Waals surface area contributed by atoms with Gasteiger partial charge in [0.15, 0.2) is 0 Å². The van der Waals surface area contributed by atoms with Gasteiger partial charge in [-0.25, -0.2) is 9.97 Å². The SMILES string of the molecule is Cc1nc2ccccc2nc1NCc1ccc(C#N)cc1. The Labute approximate surface area is 123 Å². The van der Waals surface area contributed by atoms with Crippen molar-refractivity contribution in [2.24, 2.45) is 0 Å². The predicted molar refractivity (Wildman–Crippen MR) is 82.8 cm³/mol. The summed E-state index contributed by atoms with van der Waals surface area (Å²) >= 11 is 0. The normalized spacial score (nSPS) is 10.3. The van der Waals surface area contributed by atoms with Crippen LogP contribution in [0.25, 0.3) is 11.0 Å². The highest BCUT2D eigenvalue weighted by molar-refractivity contribution is 5.76. The zero-order valence-electron chi connectivity index (χ0n) is 11.7. The minimum absolute atomic E-state index is 0.652. The number of anilines is 1. The van der Waals surface area contributed by atoms with E-state index in [9.17, 15) is 0 Å². The van der Waals surface area contributed by atoms with Gasteiger partial charge in [0.05, 0.1) is 28.4 Å². The van der Waals surface area contributed by atoms with E-state index in [1.54, 1.807) is 0 Å². The molecule has 0 amide bonds. The molecule has 0 unspecified atom stereocenters. The average molecular weight is 274 g/mol. The smallest absolute Gasteiger partial charge is 0.148 e. The summed E-state index contributed by atoms with van der Waals surface area (Å²) in [5.41, 5.74) is 4.43. The van der Waals surface area contributed by atoms with Crippen LogP contribution in [0, 0.1) is 18.3 Å². The zero-order valence-corrected chi connectivity index (χ0v) is 11.7. The first-order chi connectivity index (χ1) is 10.3. The molecular weight excluding hydrogens is 260 g/mol. The fourth-order valence-corrected chi connectivity index (χ4v) is 2.14. The van der Waals surface area contributed by atoms with E-state index in [0.29, 0.717) is 12.1 Å². The van der Waals surface area contributed by atoms with Crippen molar-refractivity contribution in [3.05, 3.63) is 65.4 Å². The van der Waals surface area contributed by atoms with Crippen LogP contribution in [0.15, 0.2) is 48.5 Å². The highest BCUT2D eigenvalue weighted by atomic mass is 15.0. The molecular formula is C17H14N4. The fraction of sp³-hybridized carbons (Fsp3) is 0.118. The third-order valence-corrected chi connectivity index (χ3v) is 3.29. The van der Waals surface area contributed by atoms with Crippen LogP contribution in [0.3, 0.4) is 0 Å². The highest BCUT2D eigenvalue weighted by Crippen LogP contribution is 2.16. The summed E-state index contributed by atoms with van der Waals surface area (Å²) in [6.45, 7) is 2.60. The Morgan fingerprint density at radius 1 is 1.00 bits per heavy atom. The topological polar surface area (TPSA) is 61.6 Å². The van der Waals surface area contributed by atoms with Crippen molar-refractivity contribution in [2.75, 3.05) is 5.32 Å². The maximum Gasteiger partial charge on any atom is 0.148 e. The van der Waals surface area contributed by atoms with Crippen molar-refractivity contribution in [3.63, 3.8) is 0 Å². The van der Waals surface area contributed by atoms with Crippen molar-refractivity contribution in [2.45, 2.75) is 13.5 Å². The van der Waals surface area contributed by atoms with Gasteiger partial charge in [0.2, 0.25) is 0 Å². The molecule has 0 saturated carbocycles. The van der Waals surface area contributed by atoms with Crippen molar-refractivity contribution in [1.82, 2.24) is 9.97 Å². The molecule has 0 aliphatic rings. The van der Waals surface area contributed by atoms with E-state index in [0.717, 1.165) is 28.1 Å². The minimum Gasteiger partial charge on any atom is -0.364 e. The molecule has 0 fully saturated rings. The first kappa shape index (κ1) is 13.1. The molecule has 0 saturated heterocycles. The second kappa shape index (κ2) is 5.59. The molecule has 2 aromatic carbocycles. The number of hydrogen-bond acceptors (Lipinski definition) is 4. The minimum atomic E-state index is 0.652. The third-order valence-electron chi connectivity index (χ3n) is 3.29. The molecule has 0 radical (unpaired) electrons. The predicted octanol–water partition coefficient (Wildman–Crippen LogP) is 3.42. The molecule has 1 heterocycles. The number of nitrogens with one attached hydrogen (secondary N) is 1. The maximum absolute atomic E-state index is 8.79. The van der Waals surface area contributed by atoms with Gasteiger partial charge in [-0.15, -0.1) is 0 Å². The van der Waals surface area contributed by atoms with Crippen LogP contribution >= 0.6 is 0 Å². The summed E-state index contributed by atoms with van der Waals surface area (Å²) in [4.78, 5) is 9.14. The Bertz CT molecular complexity index is 816. The summed E-state index contributed by atoms with van der Waals surface area (Å²) in [6.07, 6.45) is 0. The van der Waals surface area contributed by atoms with Crippen molar-refractivity contribution in [1.29, 1.82) is 5.26 Å². The van der Waals surface area contributed by atoms with Crippen LogP contribution in [0.4, 0.5) is 5.82 Å². The summed E-state index contributed by atoms with van der Waals surface area (Å²) in [6, 6.07) is 17.4. The standard InChI is InChI=1S/C17H14N4/c1-12-17(21-16-5-3-2-4-15(16)20-12)19-11-14-8-6-13(10-18)7-9-14/h2-9H,11H2,1H3,(H,19,21). The van der Waals surface area contributed by atoms with E-state index in [1.165, 1.54) is 0 Å². The van der Waals surface area contributed by atoms with Gasteiger partial charge in [0, 0.05) is 6.54 Å². The Morgan fingerprint density at radius 3 is 2.33 bits per heavy atom. The molecule has 1 N–H and O–H groups in total. The average Bonchev–Trinajstić information content (AvgIpc) is 2.53. The monoisotopic (exact) mass is 274 g/mol. The van der Waals surface area contributed by atoms with Crippen molar-refractivity contribution < 1.29 is 0 Å². The van der Waals surface area contributed by atoms with Crippen LogP contribution in [-0.2, 0) is 6.54 Å². The number of nitrogens with zero attached hydrogens (tertiary/aromatic N) is 3. The lowest BCUT2D eigenvalue weighted by molar-refractivity contribution is 1.08. The van der Waals surface area contributed by atoms with Gasteiger partial charge >= 0.3 is 0 Å². The Kier molecular flexibility index (Phi) is 3.48. The Morgan fingerprint density at radius 2 is 1.67 bits per heavy atom. The molecule has 3 aromatic rings. The van der Waals surface area contributed by atoms with Gasteiger partial charge in [0.1, 0.15) is 5.82 Å². The van der Waals surface area contributed by atoms with Crippen molar-refractivity contribution in [3.8, 4) is 6.07 Å². The van der Waals surface area contributed by atoms with Crippen LogP contribution in [-0.4, -0.2) is 9.97 Å². The molecule has 0 aliphatic heterocycles. The van der Waals surface area contributed by atoms with Crippen LogP contribution in [0.1, 0.15) is 16.8 Å². The first-order valence-electron chi connectivity index (χ1n) is 6.72. The number of hydrogen-bond donors (Lipinski definition) is 1. The summed E-state index contributed by atoms with van der Waals surface area (Å²) < 4.78 is 0. The van der Waals surface area contributed by atoms with E-state index in [1.807, 2.05) is 55.5 Å².